The van der Waals surface area contributed by atoms with Gasteiger partial charge >= 0.3 is 0 Å². The lowest BCUT2D eigenvalue weighted by Crippen LogP contribution is -2.36. The van der Waals surface area contributed by atoms with E-state index >= 15 is 0 Å². The number of para-hydroxylation sites is 5. The zero-order chi connectivity index (χ0) is 45.6. The van der Waals surface area contributed by atoms with E-state index in [0.29, 0.717) is 0 Å². The molecule has 0 saturated heterocycles. The van der Waals surface area contributed by atoms with Crippen LogP contribution in [-0.2, 0) is 0 Å². The van der Waals surface area contributed by atoms with Gasteiger partial charge in [-0.25, -0.2) is 0 Å². The van der Waals surface area contributed by atoms with E-state index in [9.17, 15) is 0 Å². The van der Waals surface area contributed by atoms with E-state index < -0.39 is 0 Å². The summed E-state index contributed by atoms with van der Waals surface area (Å²) < 4.78 is 13.8. The molecule has 0 radical (unpaired) electrons. The maximum Gasteiger partial charge on any atom is 0.159 e. The zero-order valence-electron chi connectivity index (χ0n) is 37.9. The highest BCUT2D eigenvalue weighted by Gasteiger charge is 2.30. The van der Waals surface area contributed by atoms with Gasteiger partial charge in [0, 0.05) is 49.2 Å². The second-order valence-electron chi connectivity index (χ2n) is 18.3. The van der Waals surface area contributed by atoms with Gasteiger partial charge in [0.15, 0.2) is 11.0 Å². The largest absolute Gasteiger partial charge is 0.454 e. The second-order valence-corrected chi connectivity index (χ2v) is 18.3. The summed E-state index contributed by atoms with van der Waals surface area (Å²) in [6.45, 7) is 2.34. The highest BCUT2D eigenvalue weighted by molar-refractivity contribution is 6.29. The van der Waals surface area contributed by atoms with E-state index in [1.54, 1.807) is 0 Å². The van der Waals surface area contributed by atoms with E-state index in [1.807, 2.05) is 6.07 Å². The molecule has 1 atom stereocenters. The van der Waals surface area contributed by atoms with Gasteiger partial charge in [-0.1, -0.05) is 195 Å². The Morgan fingerprint density at radius 2 is 0.870 bits per heavy atom. The molecule has 0 spiro atoms. The third-order valence-corrected chi connectivity index (χ3v) is 14.4. The summed E-state index contributed by atoms with van der Waals surface area (Å²) in [6, 6.07) is 81.0. The van der Waals surface area contributed by atoms with Crippen LogP contribution in [0.4, 0.5) is 28.4 Å². The number of fused-ring (bicyclic) bond motifs is 6. The molecular formula is C65H44N2O2. The third-order valence-electron chi connectivity index (χ3n) is 14.4. The molecule has 4 heteroatoms. The molecule has 14 rings (SSSR count). The summed E-state index contributed by atoms with van der Waals surface area (Å²) >= 11 is 0. The smallest absolute Gasteiger partial charge is 0.159 e. The fourth-order valence-electron chi connectivity index (χ4n) is 11.3. The maximum absolute atomic E-state index is 6.96. The maximum atomic E-state index is 6.96. The number of hydrogen-bond donors (Lipinski definition) is 0. The van der Waals surface area contributed by atoms with Crippen molar-refractivity contribution < 1.29 is 8.83 Å². The Morgan fingerprint density at radius 1 is 0.377 bits per heavy atom. The Bertz CT molecular complexity index is 4260. The minimum absolute atomic E-state index is 0.159. The highest BCUT2D eigenvalue weighted by atomic mass is 16.3. The first-order chi connectivity index (χ1) is 34.2. The van der Waals surface area contributed by atoms with Crippen LogP contribution in [0.3, 0.4) is 0 Å². The van der Waals surface area contributed by atoms with Gasteiger partial charge in [-0.3, -0.25) is 0 Å². The molecule has 0 saturated carbocycles. The van der Waals surface area contributed by atoms with Gasteiger partial charge in [0.2, 0.25) is 0 Å². The Kier molecular flexibility index (Phi) is 8.90. The average Bonchev–Trinajstić information content (AvgIpc) is 3.99. The number of hydrogen-bond acceptors (Lipinski definition) is 4. The third kappa shape index (κ3) is 6.08. The van der Waals surface area contributed by atoms with Gasteiger partial charge in [-0.05, 0) is 81.6 Å². The van der Waals surface area contributed by atoms with Crippen molar-refractivity contribution in [1.29, 1.82) is 0 Å². The SMILES string of the molecule is CC1CC=c2c(oc3ccccc23)=C1N(c1ccccc1-c1ccccc1)c1ccc2ccc3c(N(c4ccccc4-c4ccccc4)c4cccc5c4oc4ccccc45)ccc4ccc1c2c43. The molecule has 0 bridgehead atoms. The Labute approximate surface area is 398 Å². The fraction of sp³-hybridized carbons (Fsp3) is 0.0462. The summed E-state index contributed by atoms with van der Waals surface area (Å²) in [6.07, 6.45) is 3.26. The van der Waals surface area contributed by atoms with Crippen LogP contribution in [0, 0.1) is 5.92 Å². The molecule has 1 aliphatic rings. The van der Waals surface area contributed by atoms with Gasteiger partial charge in [0.1, 0.15) is 11.2 Å². The number of nitrogens with zero attached hydrogens (tertiary/aromatic N) is 2. The zero-order valence-corrected chi connectivity index (χ0v) is 37.9. The van der Waals surface area contributed by atoms with Crippen LogP contribution < -0.4 is 20.4 Å². The van der Waals surface area contributed by atoms with Gasteiger partial charge in [0.05, 0.1) is 34.1 Å². The number of furan rings is 2. The molecule has 4 nitrogen and oxygen atoms in total. The monoisotopic (exact) mass is 884 g/mol. The first kappa shape index (κ1) is 39.3. The normalized spacial score (nSPS) is 13.8. The molecule has 0 amide bonds. The van der Waals surface area contributed by atoms with Crippen molar-refractivity contribution in [3.05, 3.63) is 235 Å². The number of benzene rings is 11. The first-order valence-electron chi connectivity index (χ1n) is 23.9. The van der Waals surface area contributed by atoms with Crippen LogP contribution in [-0.4, -0.2) is 0 Å². The Balaban J connectivity index is 1.07. The average molecular weight is 885 g/mol. The first-order valence-corrected chi connectivity index (χ1v) is 23.9. The lowest BCUT2D eigenvalue weighted by molar-refractivity contribution is 0.555. The van der Waals surface area contributed by atoms with E-state index in [-0.39, 0.29) is 5.92 Å². The van der Waals surface area contributed by atoms with Crippen molar-refractivity contribution in [1.82, 2.24) is 0 Å². The van der Waals surface area contributed by atoms with Crippen molar-refractivity contribution in [2.45, 2.75) is 13.3 Å². The summed E-state index contributed by atoms with van der Waals surface area (Å²) in [5, 5.41) is 11.7. The van der Waals surface area contributed by atoms with Crippen LogP contribution in [0.15, 0.2) is 233 Å². The molecule has 326 valence electrons. The van der Waals surface area contributed by atoms with Crippen LogP contribution in [0.25, 0.3) is 99.3 Å². The molecular weight excluding hydrogens is 841 g/mol. The van der Waals surface area contributed by atoms with Crippen LogP contribution >= 0.6 is 0 Å². The molecule has 1 aliphatic carbocycles. The summed E-state index contributed by atoms with van der Waals surface area (Å²) in [7, 11) is 0. The van der Waals surface area contributed by atoms with Crippen molar-refractivity contribution in [3.8, 4) is 22.3 Å². The molecule has 2 heterocycles. The molecule has 0 aliphatic heterocycles. The van der Waals surface area contributed by atoms with Gasteiger partial charge in [0.25, 0.3) is 0 Å². The van der Waals surface area contributed by atoms with Crippen molar-refractivity contribution in [3.63, 3.8) is 0 Å². The van der Waals surface area contributed by atoms with Crippen molar-refractivity contribution in [2.75, 3.05) is 9.80 Å². The van der Waals surface area contributed by atoms with E-state index in [0.717, 1.165) is 107 Å². The minimum Gasteiger partial charge on any atom is -0.454 e. The number of anilines is 5. The predicted octanol–water partition coefficient (Wildman–Crippen LogP) is 16.8. The lowest BCUT2D eigenvalue weighted by Gasteiger charge is -2.34. The van der Waals surface area contributed by atoms with Crippen LogP contribution in [0.1, 0.15) is 13.3 Å². The molecule has 11 aromatic carbocycles. The minimum atomic E-state index is 0.159. The Morgan fingerprint density at radius 3 is 1.52 bits per heavy atom. The van der Waals surface area contributed by atoms with E-state index in [1.165, 1.54) is 32.1 Å². The molecule has 13 aromatic rings. The summed E-state index contributed by atoms with van der Waals surface area (Å²) in [5.74, 6) is 0.159. The highest BCUT2D eigenvalue weighted by Crippen LogP contribution is 2.51. The molecule has 1 unspecified atom stereocenters. The lowest BCUT2D eigenvalue weighted by atomic mass is 9.90. The van der Waals surface area contributed by atoms with E-state index in [2.05, 4.69) is 241 Å². The van der Waals surface area contributed by atoms with Crippen molar-refractivity contribution in [2.24, 2.45) is 5.92 Å². The molecule has 0 fully saturated rings. The standard InChI is InChI=1S/C65H44N2O2/c1-41-31-36-51-49-24-11-15-30-60(49)69-65(51)63(41)67(55-27-13-9-22-47(55)43-19-6-3-7-20-43)57-40-35-45-32-37-52-56(39-34-44-33-38-53(57)62(45)61(44)52)66(54-26-12-8-21-46(54)42-17-4-2-5-18-42)58-28-16-25-50-48-23-10-14-29-59(48)68-64(50)58/h2-30,32-41H,31H2,1H3. The molecule has 69 heavy (non-hydrogen) atoms. The Hall–Kier alpha value is -8.86. The summed E-state index contributed by atoms with van der Waals surface area (Å²) in [4.78, 5) is 4.96. The quantitative estimate of drug-likeness (QED) is 0.142. The second kappa shape index (κ2) is 15.6. The van der Waals surface area contributed by atoms with E-state index in [4.69, 9.17) is 8.83 Å². The molecule has 0 N–H and O–H groups in total. The molecule has 2 aromatic heterocycles. The number of rotatable bonds is 8. The van der Waals surface area contributed by atoms with Crippen LogP contribution in [0.5, 0.6) is 0 Å². The van der Waals surface area contributed by atoms with Crippen molar-refractivity contribution >= 4 is 105 Å². The van der Waals surface area contributed by atoms with Crippen LogP contribution in [0.2, 0.25) is 0 Å². The van der Waals surface area contributed by atoms with Gasteiger partial charge < -0.3 is 18.6 Å². The fourth-order valence-corrected chi connectivity index (χ4v) is 11.3. The predicted molar refractivity (Wildman–Crippen MR) is 289 cm³/mol. The summed E-state index contributed by atoms with van der Waals surface area (Å²) in [5.41, 5.74) is 14.6. The van der Waals surface area contributed by atoms with Gasteiger partial charge in [-0.15, -0.1) is 0 Å². The van der Waals surface area contributed by atoms with Gasteiger partial charge in [-0.2, -0.15) is 0 Å². The topological polar surface area (TPSA) is 32.8 Å².